The third kappa shape index (κ3) is 3.53. The van der Waals surface area contributed by atoms with E-state index in [2.05, 4.69) is 158 Å². The van der Waals surface area contributed by atoms with Crippen molar-refractivity contribution in [2.75, 3.05) is 0 Å². The summed E-state index contributed by atoms with van der Waals surface area (Å²) in [5.74, 6) is 0. The van der Waals surface area contributed by atoms with Crippen molar-refractivity contribution >= 4 is 85.4 Å². The van der Waals surface area contributed by atoms with Gasteiger partial charge in [0.05, 0.1) is 0 Å². The quantitative estimate of drug-likeness (QED) is 0.140. The second-order valence-electron chi connectivity index (χ2n) is 12.0. The second kappa shape index (κ2) is 9.50. The van der Waals surface area contributed by atoms with E-state index in [4.69, 9.17) is 0 Å². The van der Waals surface area contributed by atoms with Gasteiger partial charge in [-0.15, -0.1) is 11.3 Å². The minimum absolute atomic E-state index is 1.25. The van der Waals surface area contributed by atoms with Crippen LogP contribution in [0.25, 0.3) is 96.3 Å². The monoisotopic (exact) mass is 586 g/mol. The Labute approximate surface area is 264 Å². The number of benzene rings is 9. The van der Waals surface area contributed by atoms with Gasteiger partial charge < -0.3 is 0 Å². The minimum atomic E-state index is 1.25. The van der Waals surface area contributed by atoms with Crippen LogP contribution in [0.1, 0.15) is 0 Å². The maximum atomic E-state index is 2.44. The predicted molar refractivity (Wildman–Crippen MR) is 198 cm³/mol. The van der Waals surface area contributed by atoms with Crippen molar-refractivity contribution in [2.24, 2.45) is 0 Å². The molecule has 0 N–H and O–H groups in total. The van der Waals surface area contributed by atoms with Crippen molar-refractivity contribution in [1.29, 1.82) is 0 Å². The topological polar surface area (TPSA) is 0 Å². The van der Waals surface area contributed by atoms with E-state index < -0.39 is 0 Å². The fraction of sp³-hybridized carbons (Fsp3) is 0. The lowest BCUT2D eigenvalue weighted by Gasteiger charge is -2.17. The molecule has 0 bridgehead atoms. The lowest BCUT2D eigenvalue weighted by Crippen LogP contribution is -1.90. The Morgan fingerprint density at radius 1 is 0.289 bits per heavy atom. The Kier molecular flexibility index (Phi) is 5.25. The van der Waals surface area contributed by atoms with E-state index in [0.717, 1.165) is 0 Å². The zero-order chi connectivity index (χ0) is 29.5. The molecular weight excluding hydrogens is 561 g/mol. The standard InChI is InChI=1S/C44H26S/c1-2-12-27(13-3-1)41-33-18-8-10-20-35(33)42(36-21-11-9-19-34(36)41)28-22-25-40-39(26-28)38-24-23-37-31-16-5-4-14-29(31)30-15-6-7-17-32(30)43(37)44(38)45-40/h1-26H. The Bertz CT molecular complexity index is 2710. The largest absolute Gasteiger partial charge is 0.135 e. The molecule has 10 rings (SSSR count). The first kappa shape index (κ1) is 24.9. The van der Waals surface area contributed by atoms with Gasteiger partial charge in [0.25, 0.3) is 0 Å². The molecule has 0 aliphatic rings. The fourth-order valence-corrected chi connectivity index (χ4v) is 8.98. The van der Waals surface area contributed by atoms with Crippen molar-refractivity contribution in [3.63, 3.8) is 0 Å². The first-order valence-corrected chi connectivity index (χ1v) is 16.3. The summed E-state index contributed by atoms with van der Waals surface area (Å²) < 4.78 is 2.70. The molecule has 0 amide bonds. The van der Waals surface area contributed by atoms with Crippen LogP contribution in [0.15, 0.2) is 158 Å². The van der Waals surface area contributed by atoms with Crippen molar-refractivity contribution in [1.82, 2.24) is 0 Å². The van der Waals surface area contributed by atoms with Gasteiger partial charge in [0, 0.05) is 25.6 Å². The highest BCUT2D eigenvalue weighted by atomic mass is 32.1. The number of rotatable bonds is 2. The second-order valence-corrected chi connectivity index (χ2v) is 13.0. The Morgan fingerprint density at radius 2 is 0.733 bits per heavy atom. The molecule has 1 heterocycles. The van der Waals surface area contributed by atoms with Gasteiger partial charge in [-0.25, -0.2) is 0 Å². The smallest absolute Gasteiger partial charge is 0.0440 e. The van der Waals surface area contributed by atoms with E-state index in [0.29, 0.717) is 0 Å². The predicted octanol–water partition coefficient (Wildman–Crippen LogP) is 13.2. The summed E-state index contributed by atoms with van der Waals surface area (Å²) in [6.07, 6.45) is 0. The van der Waals surface area contributed by atoms with Crippen LogP contribution in [0.4, 0.5) is 0 Å². The van der Waals surface area contributed by atoms with Crippen LogP contribution in [-0.2, 0) is 0 Å². The van der Waals surface area contributed by atoms with E-state index in [1.54, 1.807) is 0 Å². The average molecular weight is 587 g/mol. The molecular formula is C44H26S. The number of hydrogen-bond donors (Lipinski definition) is 0. The minimum Gasteiger partial charge on any atom is -0.135 e. The Balaban J connectivity index is 1.31. The molecule has 208 valence electrons. The molecule has 0 aliphatic heterocycles. The molecule has 10 aromatic rings. The van der Waals surface area contributed by atoms with Gasteiger partial charge in [-0.05, 0) is 82.9 Å². The molecule has 0 aliphatic carbocycles. The summed E-state index contributed by atoms with van der Waals surface area (Å²) in [4.78, 5) is 0. The number of fused-ring (bicyclic) bond motifs is 12. The van der Waals surface area contributed by atoms with Gasteiger partial charge in [-0.2, -0.15) is 0 Å². The zero-order valence-electron chi connectivity index (χ0n) is 24.4. The average Bonchev–Trinajstić information content (AvgIpc) is 3.49. The van der Waals surface area contributed by atoms with Gasteiger partial charge in [0.15, 0.2) is 0 Å². The van der Waals surface area contributed by atoms with Crippen LogP contribution < -0.4 is 0 Å². The molecule has 0 radical (unpaired) electrons. The number of hydrogen-bond acceptors (Lipinski definition) is 1. The van der Waals surface area contributed by atoms with Gasteiger partial charge in [-0.3, -0.25) is 0 Å². The van der Waals surface area contributed by atoms with Crippen LogP contribution in [0.3, 0.4) is 0 Å². The summed E-state index contributed by atoms with van der Waals surface area (Å²) in [5, 5.41) is 15.8. The van der Waals surface area contributed by atoms with Gasteiger partial charge in [-0.1, -0.05) is 146 Å². The third-order valence-corrected chi connectivity index (χ3v) is 10.8. The molecule has 45 heavy (non-hydrogen) atoms. The first-order chi connectivity index (χ1) is 22.3. The highest BCUT2D eigenvalue weighted by Crippen LogP contribution is 2.47. The molecule has 0 unspecified atom stereocenters. The molecule has 0 fully saturated rings. The molecule has 0 atom stereocenters. The maximum Gasteiger partial charge on any atom is 0.0440 e. The highest BCUT2D eigenvalue weighted by Gasteiger charge is 2.19. The Morgan fingerprint density at radius 3 is 1.33 bits per heavy atom. The van der Waals surface area contributed by atoms with E-state index >= 15 is 0 Å². The van der Waals surface area contributed by atoms with Gasteiger partial charge >= 0.3 is 0 Å². The summed E-state index contributed by atoms with van der Waals surface area (Å²) in [7, 11) is 0. The van der Waals surface area contributed by atoms with E-state index in [1.807, 2.05) is 11.3 Å². The molecule has 0 saturated carbocycles. The summed E-state index contributed by atoms with van der Waals surface area (Å²) in [5.41, 5.74) is 5.12. The molecule has 9 aromatic carbocycles. The maximum absolute atomic E-state index is 2.44. The van der Waals surface area contributed by atoms with Crippen LogP contribution in [0, 0.1) is 0 Å². The van der Waals surface area contributed by atoms with Gasteiger partial charge in [0.2, 0.25) is 0 Å². The zero-order valence-corrected chi connectivity index (χ0v) is 25.2. The first-order valence-electron chi connectivity index (χ1n) is 15.5. The van der Waals surface area contributed by atoms with Crippen molar-refractivity contribution < 1.29 is 0 Å². The van der Waals surface area contributed by atoms with Crippen molar-refractivity contribution in [2.45, 2.75) is 0 Å². The van der Waals surface area contributed by atoms with Crippen LogP contribution in [0.5, 0.6) is 0 Å². The molecule has 0 nitrogen and oxygen atoms in total. The van der Waals surface area contributed by atoms with Crippen molar-refractivity contribution in [3.8, 4) is 22.3 Å². The molecule has 0 spiro atoms. The Hall–Kier alpha value is -5.50. The summed E-state index contributed by atoms with van der Waals surface area (Å²) >= 11 is 1.93. The van der Waals surface area contributed by atoms with Gasteiger partial charge in [0.1, 0.15) is 0 Å². The van der Waals surface area contributed by atoms with Crippen LogP contribution in [-0.4, -0.2) is 0 Å². The lowest BCUT2D eigenvalue weighted by atomic mass is 9.86. The molecule has 1 aromatic heterocycles. The molecule has 0 saturated heterocycles. The summed E-state index contributed by atoms with van der Waals surface area (Å²) in [6.45, 7) is 0. The van der Waals surface area contributed by atoms with Crippen LogP contribution >= 0.6 is 11.3 Å². The highest BCUT2D eigenvalue weighted by molar-refractivity contribution is 7.26. The third-order valence-electron chi connectivity index (χ3n) is 9.63. The van der Waals surface area contributed by atoms with E-state index in [1.165, 1.54) is 96.3 Å². The number of thiophene rings is 1. The fourth-order valence-electron chi connectivity index (χ4n) is 7.73. The van der Waals surface area contributed by atoms with E-state index in [9.17, 15) is 0 Å². The van der Waals surface area contributed by atoms with Crippen LogP contribution in [0.2, 0.25) is 0 Å². The lowest BCUT2D eigenvalue weighted by molar-refractivity contribution is 1.66. The van der Waals surface area contributed by atoms with Crippen molar-refractivity contribution in [3.05, 3.63) is 158 Å². The SMILES string of the molecule is c1ccc(-c2c3ccccc3c(-c3ccc4sc5c(ccc6c7ccccc7c7ccccc7c65)c4c3)c3ccccc23)cc1. The van der Waals surface area contributed by atoms with E-state index in [-0.39, 0.29) is 0 Å². The normalized spacial score (nSPS) is 12.0. The summed E-state index contributed by atoms with van der Waals surface area (Å²) in [6, 6.07) is 58.3. The molecule has 1 heteroatoms.